The molecule has 2 heterocycles. The summed E-state index contributed by atoms with van der Waals surface area (Å²) < 4.78 is 42.6. The molecule has 3 aliphatic rings. The Hall–Kier alpha value is -3.38. The molecular weight excluding hydrogens is 598 g/mol. The molecule has 1 N–H and O–H groups in total. The van der Waals surface area contributed by atoms with E-state index in [1.54, 1.807) is 51.2 Å². The highest BCUT2D eigenvalue weighted by atomic mass is 35.5. The Morgan fingerprint density at radius 3 is 2.56 bits per heavy atom. The van der Waals surface area contributed by atoms with Crippen LogP contribution < -0.4 is 14.8 Å². The number of hydrogen-bond acceptors (Lipinski definition) is 9. The van der Waals surface area contributed by atoms with Crippen LogP contribution in [-0.4, -0.2) is 84.0 Å². The third-order valence-electron chi connectivity index (χ3n) is 7.99. The number of fused-ring (bicyclic) bond motifs is 1. The molecule has 0 bridgehead atoms. The predicted octanol–water partition coefficient (Wildman–Crippen LogP) is 3.86. The summed E-state index contributed by atoms with van der Waals surface area (Å²) in [6.45, 7) is 8.91. The van der Waals surface area contributed by atoms with Crippen molar-refractivity contribution in [2.45, 2.75) is 75.0 Å². The normalized spacial score (nSPS) is 25.2. The standard InChI is InChI=1S/C30H36ClN3O8S/c1-6-18-14-30(18,25(35)16-43(38,39)20-7-8-20)33-27(36)22-12-19(15-34(22)28(37)42-29(2,3)4)41-24-13-21-17(11-23(24)40-5)9-10-32-26(21)31/h6,9-11,13,18-20,22H,1,7-8,12,14-16H2,2-5H3,(H,33,36)/t18-,19-,22+,30-/m1/s1. The molecule has 43 heavy (non-hydrogen) atoms. The summed E-state index contributed by atoms with van der Waals surface area (Å²) in [4.78, 5) is 45.8. The first-order valence-corrected chi connectivity index (χ1v) is 16.2. The number of halogens is 1. The molecule has 13 heteroatoms. The molecule has 232 valence electrons. The molecule has 2 amide bonds. The minimum Gasteiger partial charge on any atom is -0.493 e. The Labute approximate surface area is 255 Å². The van der Waals surface area contributed by atoms with Crippen molar-refractivity contribution in [3.05, 3.63) is 42.2 Å². The van der Waals surface area contributed by atoms with E-state index < -0.39 is 67.8 Å². The lowest BCUT2D eigenvalue weighted by atomic mass is 10.1. The summed E-state index contributed by atoms with van der Waals surface area (Å²) in [5.74, 6) is -1.45. The van der Waals surface area contributed by atoms with Crippen molar-refractivity contribution in [2.24, 2.45) is 5.92 Å². The number of rotatable bonds is 10. The van der Waals surface area contributed by atoms with Gasteiger partial charge in [-0.15, -0.1) is 6.58 Å². The number of nitrogens with zero attached hydrogens (tertiary/aromatic N) is 2. The smallest absolute Gasteiger partial charge is 0.411 e. The fraction of sp³-hybridized carbons (Fsp3) is 0.533. The molecule has 1 aromatic carbocycles. The third-order valence-corrected chi connectivity index (χ3v) is 10.4. The van der Waals surface area contributed by atoms with Gasteiger partial charge in [0.25, 0.3) is 0 Å². The first kappa shape index (κ1) is 31.1. The molecule has 2 saturated carbocycles. The Morgan fingerprint density at radius 2 is 1.95 bits per heavy atom. The Morgan fingerprint density at radius 1 is 1.23 bits per heavy atom. The van der Waals surface area contributed by atoms with Gasteiger partial charge in [0.1, 0.15) is 34.2 Å². The van der Waals surface area contributed by atoms with Crippen molar-refractivity contribution >= 4 is 50.0 Å². The predicted molar refractivity (Wildman–Crippen MR) is 160 cm³/mol. The quantitative estimate of drug-likeness (QED) is 0.305. The zero-order valence-electron chi connectivity index (χ0n) is 24.6. The largest absolute Gasteiger partial charge is 0.493 e. The highest BCUT2D eigenvalue weighted by Gasteiger charge is 2.61. The number of ketones is 1. The number of amides is 2. The van der Waals surface area contributed by atoms with E-state index in [0.717, 1.165) is 5.39 Å². The highest BCUT2D eigenvalue weighted by Crippen LogP contribution is 2.46. The molecule has 4 atom stereocenters. The number of Topliss-reactive ketones (excluding diaryl/α,β-unsaturated/α-hetero) is 1. The summed E-state index contributed by atoms with van der Waals surface area (Å²) in [5, 5.41) is 4.01. The van der Waals surface area contributed by atoms with Crippen LogP contribution in [0.25, 0.3) is 10.8 Å². The van der Waals surface area contributed by atoms with E-state index in [1.807, 2.05) is 0 Å². The average molecular weight is 634 g/mol. The van der Waals surface area contributed by atoms with Crippen molar-refractivity contribution in [2.75, 3.05) is 19.4 Å². The van der Waals surface area contributed by atoms with Gasteiger partial charge in [0.2, 0.25) is 5.91 Å². The lowest BCUT2D eigenvalue weighted by Gasteiger charge is -2.29. The lowest BCUT2D eigenvalue weighted by molar-refractivity contribution is -0.130. The van der Waals surface area contributed by atoms with Crippen LogP contribution in [0.4, 0.5) is 4.79 Å². The topological polar surface area (TPSA) is 141 Å². The van der Waals surface area contributed by atoms with Gasteiger partial charge in [0.05, 0.1) is 18.9 Å². The minimum atomic E-state index is -3.59. The molecule has 0 spiro atoms. The Bertz CT molecular complexity index is 1590. The minimum absolute atomic E-state index is 0.0108. The van der Waals surface area contributed by atoms with E-state index >= 15 is 0 Å². The van der Waals surface area contributed by atoms with Crippen LogP contribution in [0, 0.1) is 5.92 Å². The third kappa shape index (κ3) is 6.45. The van der Waals surface area contributed by atoms with Gasteiger partial charge in [-0.25, -0.2) is 18.2 Å². The summed E-state index contributed by atoms with van der Waals surface area (Å²) in [5.41, 5.74) is -2.22. The average Bonchev–Trinajstić information content (AvgIpc) is 3.84. The molecule has 0 radical (unpaired) electrons. The monoisotopic (exact) mass is 633 g/mol. The fourth-order valence-corrected chi connectivity index (χ4v) is 7.43. The molecule has 5 rings (SSSR count). The second kappa shape index (κ2) is 11.3. The van der Waals surface area contributed by atoms with Gasteiger partial charge in [-0.2, -0.15) is 0 Å². The summed E-state index contributed by atoms with van der Waals surface area (Å²) in [6.07, 6.45) is 3.15. The fourth-order valence-electron chi connectivity index (χ4n) is 5.50. The zero-order chi connectivity index (χ0) is 31.3. The lowest BCUT2D eigenvalue weighted by Crippen LogP contribution is -2.54. The summed E-state index contributed by atoms with van der Waals surface area (Å²) >= 11 is 6.31. The van der Waals surface area contributed by atoms with Crippen molar-refractivity contribution in [3.8, 4) is 11.5 Å². The molecule has 1 aromatic heterocycles. The van der Waals surface area contributed by atoms with Gasteiger partial charge < -0.3 is 19.5 Å². The number of hydrogen-bond donors (Lipinski definition) is 1. The second-order valence-corrected chi connectivity index (χ2v) is 15.0. The van der Waals surface area contributed by atoms with E-state index in [-0.39, 0.29) is 24.5 Å². The number of likely N-dealkylation sites (tertiary alicyclic amines) is 1. The van der Waals surface area contributed by atoms with Crippen LogP contribution in [0.1, 0.15) is 46.5 Å². The molecule has 2 aromatic rings. The van der Waals surface area contributed by atoms with Gasteiger partial charge in [-0.1, -0.05) is 17.7 Å². The summed E-state index contributed by atoms with van der Waals surface area (Å²) in [7, 11) is -2.09. The molecule has 3 fully saturated rings. The Kier molecular flexibility index (Phi) is 8.14. The van der Waals surface area contributed by atoms with Gasteiger partial charge in [-0.05, 0) is 63.6 Å². The van der Waals surface area contributed by atoms with Crippen LogP contribution in [-0.2, 0) is 24.2 Å². The van der Waals surface area contributed by atoms with Gasteiger partial charge >= 0.3 is 6.09 Å². The number of nitrogens with one attached hydrogen (secondary N) is 1. The number of methoxy groups -OCH3 is 1. The van der Waals surface area contributed by atoms with Gasteiger partial charge in [0.15, 0.2) is 27.1 Å². The van der Waals surface area contributed by atoms with Crippen molar-refractivity contribution < 1.29 is 37.0 Å². The molecule has 0 unspecified atom stereocenters. The maximum absolute atomic E-state index is 13.8. The maximum Gasteiger partial charge on any atom is 0.411 e. The number of ether oxygens (including phenoxy) is 3. The molecular formula is C30H36ClN3O8S. The second-order valence-electron chi connectivity index (χ2n) is 12.4. The SMILES string of the molecule is C=C[C@@H]1C[C@]1(NC(=O)[C@@H]1C[C@@H](Oc2cc3c(Cl)nccc3cc2OC)CN1C(=O)OC(C)(C)C)C(=O)CS(=O)(=O)C1CC1. The number of pyridine rings is 1. The van der Waals surface area contributed by atoms with Crippen LogP contribution in [0.2, 0.25) is 5.15 Å². The zero-order valence-corrected chi connectivity index (χ0v) is 26.2. The maximum atomic E-state index is 13.8. The Balaban J connectivity index is 1.39. The van der Waals surface area contributed by atoms with Crippen LogP contribution in [0.15, 0.2) is 37.1 Å². The van der Waals surface area contributed by atoms with E-state index in [0.29, 0.717) is 29.7 Å². The van der Waals surface area contributed by atoms with E-state index in [1.165, 1.54) is 12.0 Å². The van der Waals surface area contributed by atoms with Crippen molar-refractivity contribution in [3.63, 3.8) is 0 Å². The molecule has 2 aliphatic carbocycles. The number of sulfone groups is 1. The van der Waals surface area contributed by atoms with Gasteiger partial charge in [0, 0.05) is 23.9 Å². The number of carbonyl (C=O) groups excluding carboxylic acids is 3. The molecule has 11 nitrogen and oxygen atoms in total. The number of benzene rings is 1. The molecule has 1 aliphatic heterocycles. The number of carbonyl (C=O) groups is 3. The first-order valence-electron chi connectivity index (χ1n) is 14.2. The van der Waals surface area contributed by atoms with Crippen LogP contribution >= 0.6 is 11.6 Å². The molecule has 1 saturated heterocycles. The number of aromatic nitrogens is 1. The van der Waals surface area contributed by atoms with E-state index in [2.05, 4.69) is 16.9 Å². The van der Waals surface area contributed by atoms with Crippen LogP contribution in [0.3, 0.4) is 0 Å². The van der Waals surface area contributed by atoms with Crippen LogP contribution in [0.5, 0.6) is 11.5 Å². The van der Waals surface area contributed by atoms with Crippen molar-refractivity contribution in [1.29, 1.82) is 0 Å². The van der Waals surface area contributed by atoms with E-state index in [9.17, 15) is 22.8 Å². The summed E-state index contributed by atoms with van der Waals surface area (Å²) in [6, 6.07) is 4.19. The highest BCUT2D eigenvalue weighted by molar-refractivity contribution is 7.93. The van der Waals surface area contributed by atoms with Gasteiger partial charge in [-0.3, -0.25) is 14.5 Å². The first-order chi connectivity index (χ1) is 20.2. The van der Waals surface area contributed by atoms with E-state index in [4.69, 9.17) is 25.8 Å². The van der Waals surface area contributed by atoms with Crippen molar-refractivity contribution in [1.82, 2.24) is 15.2 Å².